The van der Waals surface area contributed by atoms with E-state index in [0.29, 0.717) is 23.6 Å². The highest BCUT2D eigenvalue weighted by molar-refractivity contribution is 6.30. The minimum atomic E-state index is 0.350. The van der Waals surface area contributed by atoms with Gasteiger partial charge in [0.2, 0.25) is 5.95 Å². The Balaban J connectivity index is 1.82. The van der Waals surface area contributed by atoms with Gasteiger partial charge in [0, 0.05) is 41.1 Å². The Kier molecular flexibility index (Phi) is 3.78. The van der Waals surface area contributed by atoms with Crippen molar-refractivity contribution in [3.05, 3.63) is 40.3 Å². The Morgan fingerprint density at radius 1 is 1.27 bits per heavy atom. The van der Waals surface area contributed by atoms with Gasteiger partial charge in [-0.1, -0.05) is 11.6 Å². The third-order valence-electron chi connectivity index (χ3n) is 3.69. The first kappa shape index (κ1) is 14.8. The molecule has 116 valence electrons. The van der Waals surface area contributed by atoms with Crippen molar-refractivity contribution >= 4 is 23.2 Å². The highest BCUT2D eigenvalue weighted by atomic mass is 35.5. The predicted molar refractivity (Wildman–Crippen MR) is 87.4 cm³/mol. The lowest BCUT2D eigenvalue weighted by atomic mass is 10.2. The van der Waals surface area contributed by atoms with Crippen LogP contribution in [0.3, 0.4) is 0 Å². The Labute approximate surface area is 134 Å². The van der Waals surface area contributed by atoms with E-state index in [1.807, 2.05) is 11.6 Å². The number of hydrogen-bond donors (Lipinski definition) is 1. The maximum absolute atomic E-state index is 5.96. The number of aromatic nitrogens is 5. The first-order valence-electron chi connectivity index (χ1n) is 7.26. The maximum atomic E-state index is 5.96. The summed E-state index contributed by atoms with van der Waals surface area (Å²) in [5.74, 6) is 0.582. The standard InChI is InChI=1S/C15H19ClN6/c1-9(2)22-11(4)13(10(3)19-22)8-17-15-18-14-7-12(16)5-6-21(14)20-15/h5-7,9H,8H2,1-4H3,(H,17,20). The molecule has 3 aromatic heterocycles. The van der Waals surface area contributed by atoms with E-state index in [-0.39, 0.29) is 0 Å². The highest BCUT2D eigenvalue weighted by Crippen LogP contribution is 2.18. The molecule has 0 radical (unpaired) electrons. The average molecular weight is 319 g/mol. The van der Waals surface area contributed by atoms with E-state index in [9.17, 15) is 0 Å². The molecule has 0 aromatic carbocycles. The lowest BCUT2D eigenvalue weighted by Crippen LogP contribution is -2.07. The summed E-state index contributed by atoms with van der Waals surface area (Å²) in [6.07, 6.45) is 1.79. The molecule has 0 atom stereocenters. The van der Waals surface area contributed by atoms with Crippen molar-refractivity contribution in [3.8, 4) is 0 Å². The topological polar surface area (TPSA) is 60.0 Å². The smallest absolute Gasteiger partial charge is 0.243 e. The van der Waals surface area contributed by atoms with Crippen molar-refractivity contribution in [2.45, 2.75) is 40.3 Å². The number of pyridine rings is 1. The first-order valence-corrected chi connectivity index (χ1v) is 7.64. The van der Waals surface area contributed by atoms with Gasteiger partial charge in [-0.3, -0.25) is 4.68 Å². The lowest BCUT2D eigenvalue weighted by Gasteiger charge is -2.08. The number of hydrogen-bond acceptors (Lipinski definition) is 4. The van der Waals surface area contributed by atoms with Crippen molar-refractivity contribution in [1.82, 2.24) is 24.4 Å². The number of nitrogens with one attached hydrogen (secondary N) is 1. The van der Waals surface area contributed by atoms with E-state index in [1.165, 1.54) is 11.3 Å². The van der Waals surface area contributed by atoms with Crippen LogP contribution in [0.25, 0.3) is 5.65 Å². The molecule has 0 bridgehead atoms. The van der Waals surface area contributed by atoms with Gasteiger partial charge in [-0.15, -0.1) is 5.10 Å². The van der Waals surface area contributed by atoms with Crippen LogP contribution < -0.4 is 5.32 Å². The van der Waals surface area contributed by atoms with E-state index in [4.69, 9.17) is 11.6 Å². The minimum Gasteiger partial charge on any atom is -0.349 e. The fourth-order valence-corrected chi connectivity index (χ4v) is 2.71. The predicted octanol–water partition coefficient (Wildman–Crippen LogP) is 3.39. The summed E-state index contributed by atoms with van der Waals surface area (Å²) in [7, 11) is 0. The summed E-state index contributed by atoms with van der Waals surface area (Å²) in [6.45, 7) is 9.02. The SMILES string of the molecule is Cc1nn(C(C)C)c(C)c1CNc1nc2cc(Cl)ccn2n1. The van der Waals surface area contributed by atoms with Crippen LogP contribution in [0.2, 0.25) is 5.02 Å². The second kappa shape index (κ2) is 5.61. The van der Waals surface area contributed by atoms with Gasteiger partial charge in [-0.05, 0) is 33.8 Å². The van der Waals surface area contributed by atoms with Crippen LogP contribution in [-0.2, 0) is 6.54 Å². The zero-order valence-electron chi connectivity index (χ0n) is 13.1. The van der Waals surface area contributed by atoms with Crippen molar-refractivity contribution in [2.75, 3.05) is 5.32 Å². The highest BCUT2D eigenvalue weighted by Gasteiger charge is 2.14. The van der Waals surface area contributed by atoms with Gasteiger partial charge in [0.05, 0.1) is 5.69 Å². The molecule has 0 fully saturated rings. The van der Waals surface area contributed by atoms with Crippen LogP contribution in [0.5, 0.6) is 0 Å². The molecule has 0 spiro atoms. The van der Waals surface area contributed by atoms with Crippen LogP contribution in [0, 0.1) is 13.8 Å². The summed E-state index contributed by atoms with van der Waals surface area (Å²) in [5.41, 5.74) is 4.12. The minimum absolute atomic E-state index is 0.350. The van der Waals surface area contributed by atoms with Gasteiger partial charge in [0.1, 0.15) is 0 Å². The number of rotatable bonds is 4. The number of nitrogens with zero attached hydrogens (tertiary/aromatic N) is 5. The summed E-state index contributed by atoms with van der Waals surface area (Å²) >= 11 is 5.96. The summed E-state index contributed by atoms with van der Waals surface area (Å²) in [6, 6.07) is 3.92. The van der Waals surface area contributed by atoms with Gasteiger partial charge in [0.25, 0.3) is 0 Å². The normalized spacial score (nSPS) is 11.5. The molecule has 22 heavy (non-hydrogen) atoms. The van der Waals surface area contributed by atoms with E-state index >= 15 is 0 Å². The van der Waals surface area contributed by atoms with E-state index in [0.717, 1.165) is 11.3 Å². The molecule has 0 aliphatic carbocycles. The Morgan fingerprint density at radius 3 is 2.73 bits per heavy atom. The van der Waals surface area contributed by atoms with Crippen LogP contribution in [0.15, 0.2) is 18.3 Å². The number of aryl methyl sites for hydroxylation is 1. The molecular formula is C15H19ClN6. The van der Waals surface area contributed by atoms with E-state index < -0.39 is 0 Å². The van der Waals surface area contributed by atoms with E-state index in [2.05, 4.69) is 41.3 Å². The molecule has 0 saturated carbocycles. The fraction of sp³-hybridized carbons (Fsp3) is 0.400. The second-order valence-corrected chi connectivity index (χ2v) is 6.06. The van der Waals surface area contributed by atoms with Gasteiger partial charge in [-0.25, -0.2) is 4.52 Å². The van der Waals surface area contributed by atoms with Crippen molar-refractivity contribution < 1.29 is 0 Å². The molecule has 6 nitrogen and oxygen atoms in total. The molecule has 3 heterocycles. The Bertz CT molecular complexity index is 817. The Hall–Kier alpha value is -2.08. The molecular weight excluding hydrogens is 300 g/mol. The third-order valence-corrected chi connectivity index (χ3v) is 3.92. The summed E-state index contributed by atoms with van der Waals surface area (Å²) < 4.78 is 3.74. The van der Waals surface area contributed by atoms with Crippen molar-refractivity contribution in [3.63, 3.8) is 0 Å². The summed E-state index contributed by atoms with van der Waals surface area (Å²) in [4.78, 5) is 4.42. The number of fused-ring (bicyclic) bond motifs is 1. The molecule has 7 heteroatoms. The van der Waals surface area contributed by atoms with Crippen LogP contribution >= 0.6 is 11.6 Å². The molecule has 1 N–H and O–H groups in total. The zero-order valence-corrected chi connectivity index (χ0v) is 13.9. The van der Waals surface area contributed by atoms with Crippen LogP contribution in [0.1, 0.15) is 36.8 Å². The zero-order chi connectivity index (χ0) is 15.9. The molecule has 0 unspecified atom stereocenters. The van der Waals surface area contributed by atoms with Gasteiger partial charge < -0.3 is 5.32 Å². The van der Waals surface area contributed by atoms with E-state index in [1.54, 1.807) is 22.8 Å². The molecule has 0 aliphatic heterocycles. The largest absolute Gasteiger partial charge is 0.349 e. The maximum Gasteiger partial charge on any atom is 0.243 e. The van der Waals surface area contributed by atoms with Crippen LogP contribution in [-0.4, -0.2) is 24.4 Å². The second-order valence-electron chi connectivity index (χ2n) is 5.62. The van der Waals surface area contributed by atoms with Crippen LogP contribution in [0.4, 0.5) is 5.95 Å². The fourth-order valence-electron chi connectivity index (χ4n) is 2.55. The summed E-state index contributed by atoms with van der Waals surface area (Å²) in [5, 5.41) is 12.9. The molecule has 3 rings (SSSR count). The van der Waals surface area contributed by atoms with Gasteiger partial charge in [0.15, 0.2) is 5.65 Å². The molecule has 0 saturated heterocycles. The van der Waals surface area contributed by atoms with Crippen molar-refractivity contribution in [1.29, 1.82) is 0 Å². The lowest BCUT2D eigenvalue weighted by molar-refractivity contribution is 0.515. The monoisotopic (exact) mass is 318 g/mol. The van der Waals surface area contributed by atoms with Crippen molar-refractivity contribution in [2.24, 2.45) is 0 Å². The first-order chi connectivity index (χ1) is 10.5. The third kappa shape index (κ3) is 2.66. The van der Waals surface area contributed by atoms with Gasteiger partial charge >= 0.3 is 0 Å². The Morgan fingerprint density at radius 2 is 2.05 bits per heavy atom. The molecule has 0 amide bonds. The quantitative estimate of drug-likeness (QED) is 0.801. The average Bonchev–Trinajstić information content (AvgIpc) is 2.97. The molecule has 3 aromatic rings. The number of anilines is 1. The van der Waals surface area contributed by atoms with Gasteiger partial charge in [-0.2, -0.15) is 10.1 Å². The number of halogens is 1. The molecule has 0 aliphatic rings.